The summed E-state index contributed by atoms with van der Waals surface area (Å²) in [5.41, 5.74) is 1.36. The van der Waals surface area contributed by atoms with Crippen molar-refractivity contribution in [3.05, 3.63) is 48.0 Å². The number of aryl methyl sites for hydroxylation is 1. The molecule has 0 aliphatic heterocycles. The molecule has 0 spiro atoms. The Labute approximate surface area is 200 Å². The van der Waals surface area contributed by atoms with Gasteiger partial charge in [0.1, 0.15) is 0 Å². The molecule has 0 bridgehead atoms. The second-order valence-corrected chi connectivity index (χ2v) is 20.2. The molecule has 2 atom stereocenters. The van der Waals surface area contributed by atoms with Gasteiger partial charge in [-0.2, -0.15) is 0 Å². The maximum Gasteiger partial charge on any atom is 0.192 e. The average Bonchev–Trinajstić information content (AvgIpc) is 2.75. The highest BCUT2D eigenvalue weighted by Gasteiger charge is 2.37. The highest BCUT2D eigenvalue weighted by atomic mass is 28.4. The highest BCUT2D eigenvalue weighted by molar-refractivity contribution is 6.74. The third-order valence-corrected chi connectivity index (χ3v) is 16.6. The summed E-state index contributed by atoms with van der Waals surface area (Å²) < 4.78 is 13.0. The summed E-state index contributed by atoms with van der Waals surface area (Å²) in [4.78, 5) is 0. The van der Waals surface area contributed by atoms with E-state index in [0.717, 1.165) is 31.0 Å². The number of hydrogen-bond acceptors (Lipinski definition) is 3. The summed E-state index contributed by atoms with van der Waals surface area (Å²) in [5, 5.41) is 10.7. The van der Waals surface area contributed by atoms with Gasteiger partial charge in [0.25, 0.3) is 0 Å². The third kappa shape index (κ3) is 10.0. The third-order valence-electron chi connectivity index (χ3n) is 7.37. The Balaban J connectivity index is 2.66. The monoisotopic (exact) mass is 478 g/mol. The largest absolute Gasteiger partial charge is 0.417 e. The molecule has 3 nitrogen and oxygen atoms in total. The first-order valence-electron chi connectivity index (χ1n) is 12.7. The lowest BCUT2D eigenvalue weighted by Crippen LogP contribution is -2.41. The molecular formula is C27H50O3Si2. The summed E-state index contributed by atoms with van der Waals surface area (Å²) in [6.07, 6.45) is 7.44. The number of rotatable bonds is 15. The van der Waals surface area contributed by atoms with Crippen molar-refractivity contribution < 1.29 is 14.0 Å². The molecule has 5 heteroatoms. The van der Waals surface area contributed by atoms with Crippen molar-refractivity contribution in [3.8, 4) is 0 Å². The average molecular weight is 479 g/mol. The van der Waals surface area contributed by atoms with Gasteiger partial charge in [0.2, 0.25) is 0 Å². The van der Waals surface area contributed by atoms with Gasteiger partial charge < -0.3 is 14.0 Å². The van der Waals surface area contributed by atoms with Gasteiger partial charge in [0.15, 0.2) is 16.6 Å². The minimum Gasteiger partial charge on any atom is -0.417 e. The Morgan fingerprint density at radius 2 is 1.56 bits per heavy atom. The van der Waals surface area contributed by atoms with Crippen LogP contribution in [0.5, 0.6) is 0 Å². The number of benzene rings is 1. The molecular weight excluding hydrogens is 428 g/mol. The van der Waals surface area contributed by atoms with Crippen LogP contribution in [0.4, 0.5) is 0 Å². The Kier molecular flexibility index (Phi) is 12.7. The minimum absolute atomic E-state index is 0.123. The van der Waals surface area contributed by atoms with Gasteiger partial charge >= 0.3 is 0 Å². The lowest BCUT2D eigenvalue weighted by molar-refractivity contribution is 0.137. The van der Waals surface area contributed by atoms with Crippen LogP contribution in [0.15, 0.2) is 42.5 Å². The Morgan fingerprint density at radius 3 is 2.09 bits per heavy atom. The van der Waals surface area contributed by atoms with Crippen LogP contribution in [-0.4, -0.2) is 40.6 Å². The normalized spacial score (nSPS) is 15.3. The van der Waals surface area contributed by atoms with Crippen molar-refractivity contribution in [3.63, 3.8) is 0 Å². The van der Waals surface area contributed by atoms with Gasteiger partial charge in [-0.05, 0) is 67.5 Å². The van der Waals surface area contributed by atoms with E-state index in [1.54, 1.807) is 0 Å². The Hall–Kier alpha value is -0.726. The van der Waals surface area contributed by atoms with Gasteiger partial charge in [-0.3, -0.25) is 0 Å². The number of aliphatic hydroxyl groups is 1. The molecule has 0 unspecified atom stereocenters. The summed E-state index contributed by atoms with van der Waals surface area (Å²) in [6, 6.07) is 14.1. The van der Waals surface area contributed by atoms with E-state index in [9.17, 15) is 5.11 Å². The molecule has 0 radical (unpaired) electrons. The minimum atomic E-state index is -1.75. The number of aliphatic hydroxyl groups excluding tert-OH is 1. The highest BCUT2D eigenvalue weighted by Crippen LogP contribution is 2.36. The topological polar surface area (TPSA) is 38.7 Å². The quantitative estimate of drug-likeness (QED) is 0.207. The van der Waals surface area contributed by atoms with Crippen molar-refractivity contribution >= 4 is 16.6 Å². The predicted octanol–water partition coefficient (Wildman–Crippen LogP) is 7.73. The molecule has 1 N–H and O–H groups in total. The van der Waals surface area contributed by atoms with Gasteiger partial charge in [0, 0.05) is 6.61 Å². The zero-order valence-corrected chi connectivity index (χ0v) is 24.1. The summed E-state index contributed by atoms with van der Waals surface area (Å²) in [6.45, 7) is 18.8. The molecule has 1 aromatic carbocycles. The van der Waals surface area contributed by atoms with Crippen molar-refractivity contribution in [2.45, 2.75) is 116 Å². The van der Waals surface area contributed by atoms with Crippen molar-refractivity contribution in [2.75, 3.05) is 6.61 Å². The second-order valence-electron chi connectivity index (χ2n) is 10.6. The standard InChI is InChI=1S/C27H50O3Si2/c1-9-32(10-2,11-3)30-26(21-20-24-16-13-12-14-17-24)19-15-18-25(28)22-23-29-31(7,8)27(4,5)6/h12-17,19,25-26,28H,9-11,18,20-23H2,1-8H3/b19-15-/t25-,26+/m0/s1. The van der Waals surface area contributed by atoms with E-state index in [4.69, 9.17) is 8.85 Å². The number of hydrogen-bond donors (Lipinski definition) is 1. The van der Waals surface area contributed by atoms with Gasteiger partial charge in [-0.25, -0.2) is 0 Å². The summed E-state index contributed by atoms with van der Waals surface area (Å²) in [7, 11) is -3.43. The SMILES string of the molecule is CC[Si](CC)(CC)O[C@H](/C=C\C[C@H](O)CCO[Si](C)(C)C(C)(C)C)CCc1ccccc1. The lowest BCUT2D eigenvalue weighted by Gasteiger charge is -2.36. The van der Waals surface area contributed by atoms with Gasteiger partial charge in [-0.1, -0.05) is 84.0 Å². The van der Waals surface area contributed by atoms with Crippen LogP contribution in [0.2, 0.25) is 36.3 Å². The summed E-state index contributed by atoms with van der Waals surface area (Å²) >= 11 is 0. The molecule has 0 saturated heterocycles. The lowest BCUT2D eigenvalue weighted by atomic mass is 10.1. The van der Waals surface area contributed by atoms with E-state index in [1.807, 2.05) is 0 Å². The molecule has 184 valence electrons. The van der Waals surface area contributed by atoms with Gasteiger partial charge in [0.05, 0.1) is 12.2 Å². The fraction of sp³-hybridized carbons (Fsp3) is 0.704. The Morgan fingerprint density at radius 1 is 0.969 bits per heavy atom. The van der Waals surface area contributed by atoms with Crippen LogP contribution in [0.3, 0.4) is 0 Å². The molecule has 0 aromatic heterocycles. The second kappa shape index (κ2) is 13.9. The zero-order valence-electron chi connectivity index (χ0n) is 22.1. The first-order chi connectivity index (χ1) is 15.0. The van der Waals surface area contributed by atoms with Crippen molar-refractivity contribution in [2.24, 2.45) is 0 Å². The van der Waals surface area contributed by atoms with Crippen LogP contribution < -0.4 is 0 Å². The molecule has 1 aromatic rings. The molecule has 0 amide bonds. The summed E-state index contributed by atoms with van der Waals surface area (Å²) in [5.74, 6) is 0. The van der Waals surface area contributed by atoms with E-state index in [0.29, 0.717) is 19.4 Å². The first-order valence-corrected chi connectivity index (χ1v) is 18.1. The maximum absolute atomic E-state index is 10.5. The van der Waals surface area contributed by atoms with Crippen LogP contribution in [0, 0.1) is 0 Å². The molecule has 0 aliphatic carbocycles. The van der Waals surface area contributed by atoms with Crippen molar-refractivity contribution in [1.29, 1.82) is 0 Å². The van der Waals surface area contributed by atoms with Crippen LogP contribution in [-0.2, 0) is 15.3 Å². The molecule has 0 saturated carbocycles. The molecule has 0 aliphatic rings. The van der Waals surface area contributed by atoms with Crippen LogP contribution >= 0.6 is 0 Å². The molecule has 32 heavy (non-hydrogen) atoms. The molecule has 0 fully saturated rings. The smallest absolute Gasteiger partial charge is 0.192 e. The van der Waals surface area contributed by atoms with E-state index >= 15 is 0 Å². The predicted molar refractivity (Wildman–Crippen MR) is 144 cm³/mol. The van der Waals surface area contributed by atoms with E-state index in [-0.39, 0.29) is 17.2 Å². The first kappa shape index (κ1) is 29.3. The maximum atomic E-state index is 10.5. The van der Waals surface area contributed by atoms with E-state index < -0.39 is 16.6 Å². The molecule has 0 heterocycles. The fourth-order valence-electron chi connectivity index (χ4n) is 3.64. The van der Waals surface area contributed by atoms with Crippen LogP contribution in [0.25, 0.3) is 0 Å². The molecule has 1 rings (SSSR count). The van der Waals surface area contributed by atoms with E-state index in [2.05, 4.69) is 97.1 Å². The van der Waals surface area contributed by atoms with Crippen LogP contribution in [0.1, 0.15) is 66.4 Å². The van der Waals surface area contributed by atoms with Gasteiger partial charge in [-0.15, -0.1) is 0 Å². The zero-order chi connectivity index (χ0) is 24.3. The van der Waals surface area contributed by atoms with Crippen molar-refractivity contribution in [1.82, 2.24) is 0 Å². The van der Waals surface area contributed by atoms with E-state index in [1.165, 1.54) is 5.56 Å². The fourth-order valence-corrected chi connectivity index (χ4v) is 7.54. The Bertz CT molecular complexity index is 640.